The number of nitrogens with zero attached hydrogens (tertiary/aromatic N) is 2. The van der Waals surface area contributed by atoms with Gasteiger partial charge in [-0.05, 0) is 48.2 Å². The van der Waals surface area contributed by atoms with Crippen molar-refractivity contribution < 1.29 is 14.3 Å². The van der Waals surface area contributed by atoms with Crippen LogP contribution in [0.4, 0.5) is 4.79 Å². The molecule has 5 heteroatoms. The molecule has 0 bridgehead atoms. The number of carbonyl (C=O) groups is 1. The average molecular weight is 425 g/mol. The molecule has 0 fully saturated rings. The molecule has 0 saturated heterocycles. The Kier molecular flexibility index (Phi) is 6.56. The van der Waals surface area contributed by atoms with Gasteiger partial charge in [-0.15, -0.1) is 0 Å². The highest BCUT2D eigenvalue weighted by Crippen LogP contribution is 2.23. The van der Waals surface area contributed by atoms with Crippen LogP contribution in [0.25, 0.3) is 0 Å². The Labute approximate surface area is 187 Å². The topological polar surface area (TPSA) is 61.3 Å². The zero-order valence-corrected chi connectivity index (χ0v) is 18.1. The molecule has 0 N–H and O–H groups in total. The number of ether oxygens (including phenoxy) is 2. The van der Waals surface area contributed by atoms with Gasteiger partial charge < -0.3 is 9.47 Å². The van der Waals surface area contributed by atoms with Gasteiger partial charge in [0, 0.05) is 36.4 Å². The van der Waals surface area contributed by atoms with Crippen LogP contribution >= 0.6 is 0 Å². The fourth-order valence-corrected chi connectivity index (χ4v) is 3.51. The lowest BCUT2D eigenvalue weighted by Gasteiger charge is -2.12. The van der Waals surface area contributed by atoms with E-state index >= 15 is 0 Å². The Balaban J connectivity index is 1.50. The van der Waals surface area contributed by atoms with Gasteiger partial charge in [-0.3, -0.25) is 0 Å². The van der Waals surface area contributed by atoms with Crippen LogP contribution in [0.5, 0.6) is 11.8 Å². The van der Waals surface area contributed by atoms with E-state index in [0.717, 1.165) is 22.3 Å². The molecule has 0 saturated carbocycles. The normalized spacial score (nSPS) is 10.6. The summed E-state index contributed by atoms with van der Waals surface area (Å²) in [6.07, 6.45) is 3.53. The first-order valence-corrected chi connectivity index (χ1v) is 10.5. The first-order chi connectivity index (χ1) is 15.6. The van der Waals surface area contributed by atoms with Crippen LogP contribution in [0.3, 0.4) is 0 Å². The molecule has 2 heterocycles. The number of pyridine rings is 2. The average Bonchev–Trinajstić information content (AvgIpc) is 2.79. The van der Waals surface area contributed by atoms with Crippen LogP contribution in [0.2, 0.25) is 0 Å². The van der Waals surface area contributed by atoms with Gasteiger partial charge in [0.15, 0.2) is 0 Å². The Bertz CT molecular complexity index is 1140. The molecule has 0 spiro atoms. The maximum atomic E-state index is 12.6. The lowest BCUT2D eigenvalue weighted by atomic mass is 10.0. The summed E-state index contributed by atoms with van der Waals surface area (Å²) in [6, 6.07) is 23.6. The Morgan fingerprint density at radius 3 is 1.47 bits per heavy atom. The molecule has 0 aliphatic heterocycles. The minimum Gasteiger partial charge on any atom is -0.375 e. The van der Waals surface area contributed by atoms with E-state index in [1.165, 1.54) is 11.1 Å². The zero-order valence-electron chi connectivity index (χ0n) is 18.1. The molecule has 0 amide bonds. The van der Waals surface area contributed by atoms with Crippen molar-refractivity contribution in [1.29, 1.82) is 0 Å². The molecular weight excluding hydrogens is 400 g/mol. The summed E-state index contributed by atoms with van der Waals surface area (Å²) in [5.41, 5.74) is 6.23. The fourth-order valence-electron chi connectivity index (χ4n) is 3.51. The van der Waals surface area contributed by atoms with Crippen molar-refractivity contribution in [2.45, 2.75) is 26.7 Å². The van der Waals surface area contributed by atoms with Gasteiger partial charge >= 0.3 is 6.16 Å². The highest BCUT2D eigenvalue weighted by Gasteiger charge is 2.17. The molecule has 4 aromatic rings. The van der Waals surface area contributed by atoms with Gasteiger partial charge in [0.1, 0.15) is 0 Å². The third-order valence-electron chi connectivity index (χ3n) is 5.34. The summed E-state index contributed by atoms with van der Waals surface area (Å²) < 4.78 is 11.0. The van der Waals surface area contributed by atoms with E-state index < -0.39 is 6.16 Å². The summed E-state index contributed by atoms with van der Waals surface area (Å²) >= 11 is 0. The summed E-state index contributed by atoms with van der Waals surface area (Å²) in [5, 5.41) is 0. The van der Waals surface area contributed by atoms with E-state index in [2.05, 4.69) is 48.1 Å². The van der Waals surface area contributed by atoms with E-state index in [0.29, 0.717) is 12.8 Å². The predicted octanol–water partition coefficient (Wildman–Crippen LogP) is 5.85. The number of hydrogen-bond acceptors (Lipinski definition) is 5. The molecule has 2 aromatic heterocycles. The number of benzene rings is 2. The lowest BCUT2D eigenvalue weighted by molar-refractivity contribution is 0.147. The number of carbonyl (C=O) groups excluding carboxylic acids is 1. The van der Waals surface area contributed by atoms with Crippen LogP contribution in [-0.4, -0.2) is 16.1 Å². The van der Waals surface area contributed by atoms with Crippen molar-refractivity contribution >= 4 is 6.16 Å². The summed E-state index contributed by atoms with van der Waals surface area (Å²) in [6.45, 7) is 4.11. The molecule has 0 radical (unpaired) electrons. The van der Waals surface area contributed by atoms with Gasteiger partial charge in [0.2, 0.25) is 11.8 Å². The van der Waals surface area contributed by atoms with Crippen molar-refractivity contribution in [3.05, 3.63) is 119 Å². The standard InChI is InChI=1S/C27H24N2O3/c1-19-9-3-5-11-21(19)17-23-13-7-15-28-25(23)31-27(30)32-26-24(14-8-16-29-26)18-22-12-6-4-10-20(22)2/h3-16H,17-18H2,1-2H3. The third kappa shape index (κ3) is 5.19. The second-order valence-corrected chi connectivity index (χ2v) is 7.60. The maximum Gasteiger partial charge on any atom is 0.522 e. The Morgan fingerprint density at radius 2 is 1.03 bits per heavy atom. The van der Waals surface area contributed by atoms with Crippen LogP contribution in [-0.2, 0) is 12.8 Å². The molecule has 2 aromatic carbocycles. The Hall–Kier alpha value is -3.99. The minimum absolute atomic E-state index is 0.233. The third-order valence-corrected chi connectivity index (χ3v) is 5.34. The number of aryl methyl sites for hydroxylation is 2. The smallest absolute Gasteiger partial charge is 0.375 e. The zero-order chi connectivity index (χ0) is 22.3. The monoisotopic (exact) mass is 424 g/mol. The highest BCUT2D eigenvalue weighted by molar-refractivity contribution is 5.67. The van der Waals surface area contributed by atoms with Crippen molar-refractivity contribution in [3.8, 4) is 11.8 Å². The number of rotatable bonds is 6. The van der Waals surface area contributed by atoms with E-state index in [-0.39, 0.29) is 11.8 Å². The summed E-state index contributed by atoms with van der Waals surface area (Å²) in [7, 11) is 0. The fraction of sp³-hybridized carbons (Fsp3) is 0.148. The minimum atomic E-state index is -0.862. The molecule has 160 valence electrons. The quantitative estimate of drug-likeness (QED) is 0.363. The Morgan fingerprint density at radius 1 is 0.625 bits per heavy atom. The van der Waals surface area contributed by atoms with Gasteiger partial charge in [0.25, 0.3) is 0 Å². The molecule has 5 nitrogen and oxygen atoms in total. The first-order valence-electron chi connectivity index (χ1n) is 10.5. The summed E-state index contributed by atoms with van der Waals surface area (Å²) in [4.78, 5) is 21.1. The number of hydrogen-bond donors (Lipinski definition) is 0. The summed E-state index contributed by atoms with van der Waals surface area (Å²) in [5.74, 6) is 0.467. The molecule has 0 aliphatic carbocycles. The molecule has 4 rings (SSSR count). The largest absolute Gasteiger partial charge is 0.522 e. The lowest BCUT2D eigenvalue weighted by Crippen LogP contribution is -2.17. The van der Waals surface area contributed by atoms with Crippen molar-refractivity contribution in [3.63, 3.8) is 0 Å². The van der Waals surface area contributed by atoms with Crippen molar-refractivity contribution in [2.75, 3.05) is 0 Å². The van der Waals surface area contributed by atoms with E-state index in [1.54, 1.807) is 12.4 Å². The van der Waals surface area contributed by atoms with Gasteiger partial charge in [0.05, 0.1) is 0 Å². The number of aromatic nitrogens is 2. The first kappa shape index (κ1) is 21.2. The van der Waals surface area contributed by atoms with Crippen LogP contribution in [0, 0.1) is 13.8 Å². The molecule has 0 unspecified atom stereocenters. The van der Waals surface area contributed by atoms with Crippen LogP contribution in [0.15, 0.2) is 85.2 Å². The van der Waals surface area contributed by atoms with E-state index in [4.69, 9.17) is 9.47 Å². The predicted molar refractivity (Wildman–Crippen MR) is 123 cm³/mol. The van der Waals surface area contributed by atoms with Crippen molar-refractivity contribution in [1.82, 2.24) is 9.97 Å². The van der Waals surface area contributed by atoms with Gasteiger partial charge in [-0.2, -0.15) is 0 Å². The van der Waals surface area contributed by atoms with Gasteiger partial charge in [-0.25, -0.2) is 14.8 Å². The van der Waals surface area contributed by atoms with Crippen LogP contribution in [0.1, 0.15) is 33.4 Å². The highest BCUT2D eigenvalue weighted by atomic mass is 16.7. The SMILES string of the molecule is Cc1ccccc1Cc1cccnc1OC(=O)Oc1ncccc1Cc1ccccc1C. The van der Waals surface area contributed by atoms with Gasteiger partial charge in [-0.1, -0.05) is 60.7 Å². The molecule has 32 heavy (non-hydrogen) atoms. The molecular formula is C27H24N2O3. The second-order valence-electron chi connectivity index (χ2n) is 7.60. The molecule has 0 atom stereocenters. The second kappa shape index (κ2) is 9.88. The molecule has 0 aliphatic rings. The maximum absolute atomic E-state index is 12.6. The van der Waals surface area contributed by atoms with E-state index in [9.17, 15) is 4.79 Å². The van der Waals surface area contributed by atoms with E-state index in [1.807, 2.05) is 48.5 Å². The van der Waals surface area contributed by atoms with Crippen molar-refractivity contribution in [2.24, 2.45) is 0 Å². The van der Waals surface area contributed by atoms with Crippen LogP contribution < -0.4 is 9.47 Å².